The number of methoxy groups -OCH3 is 1. The maximum absolute atomic E-state index is 10.9. The third-order valence-electron chi connectivity index (χ3n) is 2.20. The van der Waals surface area contributed by atoms with Crippen molar-refractivity contribution in [2.75, 3.05) is 19.0 Å². The molecule has 0 unspecified atom stereocenters. The molecule has 0 fully saturated rings. The predicted octanol–water partition coefficient (Wildman–Crippen LogP) is 2.98. The van der Waals surface area contributed by atoms with Crippen molar-refractivity contribution in [2.45, 2.75) is 13.8 Å². The summed E-state index contributed by atoms with van der Waals surface area (Å²) in [6, 6.07) is 4.75. The molecular formula is C12H16N2O3. The number of hydrogen-bond acceptors (Lipinski definition) is 4. The lowest BCUT2D eigenvalue weighted by Gasteiger charge is -2.06. The van der Waals surface area contributed by atoms with Gasteiger partial charge in [0.25, 0.3) is 5.69 Å². The minimum absolute atomic E-state index is 0.0199. The minimum Gasteiger partial charge on any atom is -0.496 e. The standard InChI is InChI=1S/C12H16N2O3/c1-9(2)6-7-13-11-5-4-10(17-3)8-12(11)14(15)16/h4-6,8,13H,7H2,1-3H3. The lowest BCUT2D eigenvalue weighted by Crippen LogP contribution is -2.02. The molecule has 0 spiro atoms. The van der Waals surface area contributed by atoms with Crippen molar-refractivity contribution in [1.29, 1.82) is 0 Å². The highest BCUT2D eigenvalue weighted by Crippen LogP contribution is 2.28. The number of anilines is 1. The first-order valence-corrected chi connectivity index (χ1v) is 5.24. The second-order valence-electron chi connectivity index (χ2n) is 3.80. The maximum atomic E-state index is 10.9. The van der Waals surface area contributed by atoms with E-state index in [9.17, 15) is 10.1 Å². The highest BCUT2D eigenvalue weighted by Gasteiger charge is 2.14. The van der Waals surface area contributed by atoms with Gasteiger partial charge in [-0.1, -0.05) is 11.6 Å². The molecule has 0 saturated heterocycles. The predicted molar refractivity (Wildman–Crippen MR) is 67.6 cm³/mol. The van der Waals surface area contributed by atoms with Gasteiger partial charge in [0.15, 0.2) is 0 Å². The van der Waals surface area contributed by atoms with E-state index in [-0.39, 0.29) is 5.69 Å². The Morgan fingerprint density at radius 2 is 2.24 bits per heavy atom. The molecule has 0 aliphatic carbocycles. The van der Waals surface area contributed by atoms with Crippen LogP contribution in [-0.4, -0.2) is 18.6 Å². The molecule has 17 heavy (non-hydrogen) atoms. The van der Waals surface area contributed by atoms with Gasteiger partial charge in [0.05, 0.1) is 18.1 Å². The second-order valence-corrected chi connectivity index (χ2v) is 3.80. The summed E-state index contributed by atoms with van der Waals surface area (Å²) < 4.78 is 4.96. The van der Waals surface area contributed by atoms with Crippen LogP contribution in [0.3, 0.4) is 0 Å². The van der Waals surface area contributed by atoms with Gasteiger partial charge >= 0.3 is 0 Å². The number of nitrogens with zero attached hydrogens (tertiary/aromatic N) is 1. The largest absolute Gasteiger partial charge is 0.496 e. The lowest BCUT2D eigenvalue weighted by molar-refractivity contribution is -0.384. The summed E-state index contributed by atoms with van der Waals surface area (Å²) in [7, 11) is 1.48. The van der Waals surface area contributed by atoms with E-state index < -0.39 is 4.92 Å². The summed E-state index contributed by atoms with van der Waals surface area (Å²) in [6.45, 7) is 4.52. The summed E-state index contributed by atoms with van der Waals surface area (Å²) in [5.41, 5.74) is 1.67. The molecule has 0 aliphatic rings. The van der Waals surface area contributed by atoms with Crippen molar-refractivity contribution in [2.24, 2.45) is 0 Å². The third kappa shape index (κ3) is 3.79. The van der Waals surface area contributed by atoms with E-state index in [4.69, 9.17) is 4.74 Å². The molecule has 0 aliphatic heterocycles. The number of allylic oxidation sites excluding steroid dienone is 1. The maximum Gasteiger partial charge on any atom is 0.296 e. The van der Waals surface area contributed by atoms with Crippen molar-refractivity contribution in [3.8, 4) is 5.75 Å². The Labute approximate surface area is 100 Å². The van der Waals surface area contributed by atoms with Crippen molar-refractivity contribution in [1.82, 2.24) is 0 Å². The van der Waals surface area contributed by atoms with E-state index in [1.54, 1.807) is 12.1 Å². The quantitative estimate of drug-likeness (QED) is 0.485. The Balaban J connectivity index is 2.91. The SMILES string of the molecule is COc1ccc(NCC=C(C)C)c([N+](=O)[O-])c1. The van der Waals surface area contributed by atoms with Crippen LogP contribution in [0.4, 0.5) is 11.4 Å². The Morgan fingerprint density at radius 1 is 1.53 bits per heavy atom. The molecule has 0 radical (unpaired) electrons. The van der Waals surface area contributed by atoms with Gasteiger partial charge in [0, 0.05) is 6.54 Å². The summed E-state index contributed by atoms with van der Waals surface area (Å²) in [6.07, 6.45) is 1.97. The molecule has 5 heteroatoms. The average Bonchev–Trinajstić information content (AvgIpc) is 2.28. The van der Waals surface area contributed by atoms with E-state index in [1.807, 2.05) is 19.9 Å². The molecule has 0 heterocycles. The van der Waals surface area contributed by atoms with Crippen molar-refractivity contribution in [3.05, 3.63) is 40.0 Å². The molecule has 0 atom stereocenters. The molecule has 0 aromatic heterocycles. The highest BCUT2D eigenvalue weighted by molar-refractivity contribution is 5.64. The number of hydrogen-bond donors (Lipinski definition) is 1. The Bertz CT molecular complexity index is 437. The summed E-state index contributed by atoms with van der Waals surface area (Å²) in [5.74, 6) is 0.476. The van der Waals surface area contributed by atoms with Gasteiger partial charge in [-0.15, -0.1) is 0 Å². The molecule has 92 valence electrons. The zero-order chi connectivity index (χ0) is 12.8. The van der Waals surface area contributed by atoms with Crippen LogP contribution in [0, 0.1) is 10.1 Å². The number of benzene rings is 1. The van der Waals surface area contributed by atoms with Crippen LogP contribution < -0.4 is 10.1 Å². The average molecular weight is 236 g/mol. The molecule has 0 saturated carbocycles. The molecule has 1 rings (SSSR count). The van der Waals surface area contributed by atoms with Crippen LogP contribution in [-0.2, 0) is 0 Å². The van der Waals surface area contributed by atoms with Gasteiger partial charge < -0.3 is 10.1 Å². The summed E-state index contributed by atoms with van der Waals surface area (Å²) in [5, 5.41) is 13.9. The van der Waals surface area contributed by atoms with Crippen LogP contribution in [0.5, 0.6) is 5.75 Å². The highest BCUT2D eigenvalue weighted by atomic mass is 16.6. The van der Waals surface area contributed by atoms with Crippen molar-refractivity contribution < 1.29 is 9.66 Å². The molecule has 1 aromatic rings. The molecule has 1 aromatic carbocycles. The number of nitro benzene ring substituents is 1. The first-order chi connectivity index (χ1) is 8.04. The number of ether oxygens (including phenoxy) is 1. The fourth-order valence-corrected chi connectivity index (χ4v) is 1.30. The first-order valence-electron chi connectivity index (χ1n) is 5.24. The van der Waals surface area contributed by atoms with Gasteiger partial charge in [-0.05, 0) is 26.0 Å². The summed E-state index contributed by atoms with van der Waals surface area (Å²) >= 11 is 0. The molecular weight excluding hydrogens is 220 g/mol. The van der Waals surface area contributed by atoms with Crippen LogP contribution in [0.1, 0.15) is 13.8 Å². The Kier molecular flexibility index (Phi) is 4.51. The monoisotopic (exact) mass is 236 g/mol. The number of nitrogens with one attached hydrogen (secondary N) is 1. The zero-order valence-corrected chi connectivity index (χ0v) is 10.2. The van der Waals surface area contributed by atoms with E-state index >= 15 is 0 Å². The minimum atomic E-state index is -0.423. The topological polar surface area (TPSA) is 64.4 Å². The molecule has 0 bridgehead atoms. The number of rotatable bonds is 5. The second kappa shape index (κ2) is 5.89. The first kappa shape index (κ1) is 13.0. The van der Waals surface area contributed by atoms with Gasteiger partial charge in [-0.2, -0.15) is 0 Å². The molecule has 1 N–H and O–H groups in total. The molecule has 5 nitrogen and oxygen atoms in total. The van der Waals surface area contributed by atoms with Crippen LogP contribution in [0.2, 0.25) is 0 Å². The Morgan fingerprint density at radius 3 is 2.76 bits per heavy atom. The van der Waals surface area contributed by atoms with E-state index in [2.05, 4.69) is 5.32 Å². The third-order valence-corrected chi connectivity index (χ3v) is 2.20. The van der Waals surface area contributed by atoms with Crippen LogP contribution >= 0.6 is 0 Å². The van der Waals surface area contributed by atoms with Crippen molar-refractivity contribution in [3.63, 3.8) is 0 Å². The fraction of sp³-hybridized carbons (Fsp3) is 0.333. The Hall–Kier alpha value is -2.04. The van der Waals surface area contributed by atoms with Crippen LogP contribution in [0.15, 0.2) is 29.8 Å². The lowest BCUT2D eigenvalue weighted by atomic mass is 10.2. The van der Waals surface area contributed by atoms with Crippen molar-refractivity contribution >= 4 is 11.4 Å². The normalized spacial score (nSPS) is 9.59. The van der Waals surface area contributed by atoms with E-state index in [0.29, 0.717) is 18.0 Å². The smallest absolute Gasteiger partial charge is 0.296 e. The van der Waals surface area contributed by atoms with E-state index in [0.717, 1.165) is 5.57 Å². The zero-order valence-electron chi connectivity index (χ0n) is 10.2. The van der Waals surface area contributed by atoms with E-state index in [1.165, 1.54) is 13.2 Å². The fourth-order valence-electron chi connectivity index (χ4n) is 1.30. The number of nitro groups is 1. The van der Waals surface area contributed by atoms with Gasteiger partial charge in [-0.3, -0.25) is 10.1 Å². The van der Waals surface area contributed by atoms with Gasteiger partial charge in [-0.25, -0.2) is 0 Å². The molecule has 0 amide bonds. The van der Waals surface area contributed by atoms with Gasteiger partial charge in [0.1, 0.15) is 11.4 Å². The summed E-state index contributed by atoms with van der Waals surface area (Å²) in [4.78, 5) is 10.5. The van der Waals surface area contributed by atoms with Gasteiger partial charge in [0.2, 0.25) is 0 Å². The van der Waals surface area contributed by atoms with Crippen LogP contribution in [0.25, 0.3) is 0 Å².